The van der Waals surface area contributed by atoms with Gasteiger partial charge in [0.05, 0.1) is 9.71 Å². The number of aliphatic carboxylic acids is 1. The third-order valence-electron chi connectivity index (χ3n) is 2.66. The van der Waals surface area contributed by atoms with Crippen molar-refractivity contribution in [1.29, 1.82) is 0 Å². The summed E-state index contributed by atoms with van der Waals surface area (Å²) in [6.45, 7) is 5.81. The number of fused-ring (bicyclic) bond motifs is 1. The maximum absolute atomic E-state index is 10.8. The number of carbonyl (C=O) groups is 1. The number of carboxylic acids is 1. The lowest BCUT2D eigenvalue weighted by atomic mass is 10.1. The lowest BCUT2D eigenvalue weighted by molar-refractivity contribution is -0.144. The largest absolute Gasteiger partial charge is 0.479 e. The molecular weight excluding hydrogens is 262 g/mol. The van der Waals surface area contributed by atoms with Gasteiger partial charge >= 0.3 is 5.97 Å². The van der Waals surface area contributed by atoms with Crippen LogP contribution in [0, 0.1) is 5.92 Å². The van der Waals surface area contributed by atoms with Crippen LogP contribution < -0.4 is 4.74 Å². The second-order valence-electron chi connectivity index (χ2n) is 4.91. The number of para-hydroxylation sites is 1. The Morgan fingerprint density at radius 1 is 1.42 bits per heavy atom. The quantitative estimate of drug-likeness (QED) is 0.911. The van der Waals surface area contributed by atoms with E-state index in [1.54, 1.807) is 17.4 Å². The number of hydrogen-bond donors (Lipinski definition) is 1. The fourth-order valence-electron chi connectivity index (χ4n) is 1.74. The maximum atomic E-state index is 10.8. The second kappa shape index (κ2) is 5.57. The van der Waals surface area contributed by atoms with E-state index >= 15 is 0 Å². The minimum Gasteiger partial charge on any atom is -0.479 e. The van der Waals surface area contributed by atoms with Crippen molar-refractivity contribution in [3.63, 3.8) is 0 Å². The van der Waals surface area contributed by atoms with Gasteiger partial charge in [-0.3, -0.25) is 0 Å². The summed E-state index contributed by atoms with van der Waals surface area (Å²) in [5.74, 6) is 0.108. The molecule has 0 aliphatic carbocycles. The third kappa shape index (κ3) is 3.23. The average Bonchev–Trinajstić information content (AvgIpc) is 2.71. The number of thiazole rings is 1. The lowest BCUT2D eigenvalue weighted by Gasteiger charge is -2.10. The zero-order valence-corrected chi connectivity index (χ0v) is 12.0. The Hall–Kier alpha value is -1.62. The Balaban J connectivity index is 2.33. The fourth-order valence-corrected chi connectivity index (χ4v) is 2.94. The number of benzene rings is 1. The van der Waals surface area contributed by atoms with Crippen molar-refractivity contribution in [1.82, 2.24) is 4.98 Å². The van der Waals surface area contributed by atoms with Crippen LogP contribution in [0.3, 0.4) is 0 Å². The normalized spacial score (nSPS) is 12.8. The predicted molar refractivity (Wildman–Crippen MR) is 75.9 cm³/mol. The third-order valence-corrected chi connectivity index (χ3v) is 3.70. The molecule has 1 N–H and O–H groups in total. The van der Waals surface area contributed by atoms with Gasteiger partial charge in [0.2, 0.25) is 0 Å². The monoisotopic (exact) mass is 279 g/mol. The molecule has 4 nitrogen and oxygen atoms in total. The molecule has 2 aromatic rings. The van der Waals surface area contributed by atoms with Gasteiger partial charge in [0.25, 0.3) is 0 Å². The number of rotatable bonds is 5. The molecule has 1 atom stereocenters. The summed E-state index contributed by atoms with van der Waals surface area (Å²) in [7, 11) is 0. The Kier molecular flexibility index (Phi) is 4.04. The van der Waals surface area contributed by atoms with Gasteiger partial charge in [-0.2, -0.15) is 0 Å². The lowest BCUT2D eigenvalue weighted by Crippen LogP contribution is -2.22. The Labute approximate surface area is 116 Å². The zero-order valence-electron chi connectivity index (χ0n) is 11.2. The van der Waals surface area contributed by atoms with Crippen LogP contribution in [-0.4, -0.2) is 22.2 Å². The highest BCUT2D eigenvalue weighted by atomic mass is 32.1. The summed E-state index contributed by atoms with van der Waals surface area (Å²) in [6.07, 6.45) is 0.0497. The van der Waals surface area contributed by atoms with Crippen molar-refractivity contribution in [2.24, 2.45) is 5.92 Å². The van der Waals surface area contributed by atoms with Crippen LogP contribution in [0.25, 0.3) is 10.2 Å². The van der Waals surface area contributed by atoms with Crippen LogP contribution in [0.2, 0.25) is 0 Å². The highest BCUT2D eigenvalue weighted by molar-refractivity contribution is 7.18. The molecule has 5 heteroatoms. The fraction of sp³-hybridized carbons (Fsp3) is 0.429. The van der Waals surface area contributed by atoms with Gasteiger partial charge in [-0.1, -0.05) is 19.9 Å². The topological polar surface area (TPSA) is 59.4 Å². The van der Waals surface area contributed by atoms with Crippen molar-refractivity contribution in [3.05, 3.63) is 23.2 Å². The number of ether oxygens (including phenoxy) is 1. The molecule has 19 heavy (non-hydrogen) atoms. The molecule has 0 saturated heterocycles. The summed E-state index contributed by atoms with van der Waals surface area (Å²) < 4.78 is 6.49. The molecule has 2 rings (SSSR count). The van der Waals surface area contributed by atoms with Gasteiger partial charge in [0.15, 0.2) is 6.10 Å². The summed E-state index contributed by atoms with van der Waals surface area (Å²) in [4.78, 5) is 15.4. The molecule has 1 aromatic carbocycles. The first-order valence-electron chi connectivity index (χ1n) is 6.25. The van der Waals surface area contributed by atoms with E-state index in [2.05, 4.69) is 18.8 Å². The summed E-state index contributed by atoms with van der Waals surface area (Å²) >= 11 is 1.64. The van der Waals surface area contributed by atoms with Gasteiger partial charge in [-0.25, -0.2) is 9.78 Å². The molecule has 0 aliphatic heterocycles. The van der Waals surface area contributed by atoms with E-state index in [0.29, 0.717) is 11.7 Å². The number of nitrogens with zero attached hydrogens (tertiary/aromatic N) is 1. The first-order valence-corrected chi connectivity index (χ1v) is 7.07. The molecule has 0 fully saturated rings. The Morgan fingerprint density at radius 3 is 2.79 bits per heavy atom. The first kappa shape index (κ1) is 13.8. The number of aromatic nitrogens is 1. The molecule has 0 spiro atoms. The molecule has 102 valence electrons. The van der Waals surface area contributed by atoms with E-state index < -0.39 is 12.1 Å². The highest BCUT2D eigenvalue weighted by Gasteiger charge is 2.16. The van der Waals surface area contributed by atoms with Crippen LogP contribution >= 0.6 is 11.3 Å². The standard InChI is InChI=1S/C14H17NO3S/c1-8(2)7-12-15-13-10(18-9(3)14(16)17)5-4-6-11(13)19-12/h4-6,8-9H,7H2,1-3H3,(H,16,17). The summed E-state index contributed by atoms with van der Waals surface area (Å²) in [5, 5.41) is 9.96. The molecule has 0 radical (unpaired) electrons. The van der Waals surface area contributed by atoms with Crippen LogP contribution in [-0.2, 0) is 11.2 Å². The van der Waals surface area contributed by atoms with Crippen LogP contribution in [0.15, 0.2) is 18.2 Å². The second-order valence-corrected chi connectivity index (χ2v) is 6.02. The van der Waals surface area contributed by atoms with Crippen LogP contribution in [0.5, 0.6) is 5.75 Å². The molecule has 1 heterocycles. The van der Waals surface area contributed by atoms with Crippen molar-refractivity contribution in [3.8, 4) is 5.75 Å². The van der Waals surface area contributed by atoms with Crippen molar-refractivity contribution in [2.75, 3.05) is 0 Å². The smallest absolute Gasteiger partial charge is 0.344 e. The molecule has 0 saturated carbocycles. The van der Waals surface area contributed by atoms with Crippen LogP contribution in [0.4, 0.5) is 0 Å². The van der Waals surface area contributed by atoms with E-state index in [0.717, 1.165) is 21.6 Å². The molecule has 1 unspecified atom stereocenters. The molecular formula is C14H17NO3S. The van der Waals surface area contributed by atoms with Gasteiger partial charge < -0.3 is 9.84 Å². The van der Waals surface area contributed by atoms with Gasteiger partial charge in [0.1, 0.15) is 11.3 Å². The number of carboxylic acid groups (broad SMARTS) is 1. The van der Waals surface area contributed by atoms with Crippen molar-refractivity contribution in [2.45, 2.75) is 33.3 Å². The van der Waals surface area contributed by atoms with Crippen molar-refractivity contribution >= 4 is 27.5 Å². The van der Waals surface area contributed by atoms with Gasteiger partial charge in [-0.15, -0.1) is 11.3 Å². The molecule has 0 bridgehead atoms. The maximum Gasteiger partial charge on any atom is 0.344 e. The summed E-state index contributed by atoms with van der Waals surface area (Å²) in [5.41, 5.74) is 0.760. The minimum atomic E-state index is -0.977. The predicted octanol–water partition coefficient (Wildman–Crippen LogP) is 3.35. The van der Waals surface area contributed by atoms with E-state index in [1.807, 2.05) is 12.1 Å². The van der Waals surface area contributed by atoms with Crippen molar-refractivity contribution < 1.29 is 14.6 Å². The van der Waals surface area contributed by atoms with E-state index in [4.69, 9.17) is 9.84 Å². The van der Waals surface area contributed by atoms with E-state index in [-0.39, 0.29) is 0 Å². The van der Waals surface area contributed by atoms with E-state index in [1.165, 1.54) is 6.92 Å². The minimum absolute atomic E-state index is 0.540. The summed E-state index contributed by atoms with van der Waals surface area (Å²) in [6, 6.07) is 5.61. The molecule has 1 aromatic heterocycles. The van der Waals surface area contributed by atoms with Crippen LogP contribution in [0.1, 0.15) is 25.8 Å². The Bertz CT molecular complexity index is 591. The number of hydrogen-bond acceptors (Lipinski definition) is 4. The molecule has 0 amide bonds. The van der Waals surface area contributed by atoms with Gasteiger partial charge in [-0.05, 0) is 25.0 Å². The highest BCUT2D eigenvalue weighted by Crippen LogP contribution is 2.31. The first-order chi connectivity index (χ1) is 8.97. The van der Waals surface area contributed by atoms with Gasteiger partial charge in [0, 0.05) is 6.42 Å². The zero-order chi connectivity index (χ0) is 14.0. The SMILES string of the molecule is CC(C)Cc1nc2c(OC(C)C(=O)O)cccc2s1. The average molecular weight is 279 g/mol. The Morgan fingerprint density at radius 2 is 2.16 bits per heavy atom. The van der Waals surface area contributed by atoms with E-state index in [9.17, 15) is 4.79 Å². The molecule has 0 aliphatic rings.